The Bertz CT molecular complexity index is 1350. The Morgan fingerprint density at radius 3 is 2.66 bits per heavy atom. The number of thiazole rings is 1. The third-order valence-corrected chi connectivity index (χ3v) is 6.69. The van der Waals surface area contributed by atoms with Crippen LogP contribution in [0.25, 0.3) is 21.6 Å². The number of aryl methyl sites for hydroxylation is 2. The fourth-order valence-electron chi connectivity index (χ4n) is 4.32. The van der Waals surface area contributed by atoms with E-state index in [4.69, 9.17) is 0 Å². The topological polar surface area (TPSA) is 68.8 Å². The molecule has 0 spiro atoms. The van der Waals surface area contributed by atoms with Gasteiger partial charge in [-0.3, -0.25) is 14.2 Å². The average molecular weight is 460 g/mol. The Morgan fingerprint density at radius 1 is 1.16 bits per heavy atom. The molecule has 7 nitrogen and oxygen atoms in total. The molecule has 0 aliphatic carbocycles. The van der Waals surface area contributed by atoms with Crippen molar-refractivity contribution in [2.45, 2.75) is 25.6 Å². The normalized spacial score (nSPS) is 16.6. The lowest BCUT2D eigenvalue weighted by Crippen LogP contribution is -2.38. The molecule has 1 unspecified atom stereocenters. The minimum atomic E-state index is -4.52. The molecule has 1 atom stereocenters. The van der Waals surface area contributed by atoms with Gasteiger partial charge in [0, 0.05) is 31.8 Å². The van der Waals surface area contributed by atoms with Crippen LogP contribution < -0.4 is 0 Å². The molecule has 11 heteroatoms. The van der Waals surface area contributed by atoms with Gasteiger partial charge in [0.2, 0.25) is 0 Å². The van der Waals surface area contributed by atoms with E-state index < -0.39 is 11.9 Å². The van der Waals surface area contributed by atoms with Crippen molar-refractivity contribution in [3.05, 3.63) is 52.3 Å². The van der Waals surface area contributed by atoms with Crippen LogP contribution in [0.3, 0.4) is 0 Å². The van der Waals surface area contributed by atoms with Gasteiger partial charge in [-0.05, 0) is 37.6 Å². The molecule has 166 valence electrons. The van der Waals surface area contributed by atoms with Gasteiger partial charge in [0.15, 0.2) is 5.69 Å². The SMILES string of the molecule is CC1c2nn(C)c(-c3cc(C(F)(F)F)nn3C)c2CCN1C(=O)c1ccc2ncsc2c1. The van der Waals surface area contributed by atoms with Crippen molar-refractivity contribution in [3.8, 4) is 11.4 Å². The second-order valence-corrected chi connectivity index (χ2v) is 8.72. The quantitative estimate of drug-likeness (QED) is 0.450. The molecule has 3 aromatic heterocycles. The highest BCUT2D eigenvalue weighted by molar-refractivity contribution is 7.16. The molecule has 4 aromatic rings. The third-order valence-electron chi connectivity index (χ3n) is 5.89. The first kappa shape index (κ1) is 20.7. The molecule has 4 heterocycles. The monoisotopic (exact) mass is 460 g/mol. The first-order chi connectivity index (χ1) is 15.1. The van der Waals surface area contributed by atoms with Gasteiger partial charge in [0.25, 0.3) is 5.91 Å². The van der Waals surface area contributed by atoms with Crippen molar-refractivity contribution in [2.75, 3.05) is 6.54 Å². The summed E-state index contributed by atoms with van der Waals surface area (Å²) in [6, 6.07) is 6.17. The number of fused-ring (bicyclic) bond motifs is 2. The molecule has 0 saturated carbocycles. The molecule has 1 aliphatic rings. The zero-order valence-corrected chi connectivity index (χ0v) is 18.3. The summed E-state index contributed by atoms with van der Waals surface area (Å²) in [4.78, 5) is 19.3. The number of benzene rings is 1. The number of aromatic nitrogens is 5. The van der Waals surface area contributed by atoms with Gasteiger partial charge in [0.05, 0.1) is 38.9 Å². The van der Waals surface area contributed by atoms with Crippen LogP contribution in [0.1, 0.15) is 40.3 Å². The van der Waals surface area contributed by atoms with Crippen molar-refractivity contribution in [2.24, 2.45) is 14.1 Å². The van der Waals surface area contributed by atoms with E-state index in [0.29, 0.717) is 35.6 Å². The molecule has 0 N–H and O–H groups in total. The highest BCUT2D eigenvalue weighted by Gasteiger charge is 2.37. The Labute approximate surface area is 185 Å². The number of rotatable bonds is 2. The largest absolute Gasteiger partial charge is 0.435 e. The maximum absolute atomic E-state index is 13.3. The van der Waals surface area contributed by atoms with Gasteiger partial charge in [-0.25, -0.2) is 4.98 Å². The predicted molar refractivity (Wildman–Crippen MR) is 113 cm³/mol. The third kappa shape index (κ3) is 3.19. The van der Waals surface area contributed by atoms with E-state index in [1.54, 1.807) is 28.2 Å². The minimum Gasteiger partial charge on any atom is -0.330 e. The van der Waals surface area contributed by atoms with E-state index in [2.05, 4.69) is 15.2 Å². The Hall–Kier alpha value is -3.21. The van der Waals surface area contributed by atoms with Gasteiger partial charge in [-0.2, -0.15) is 23.4 Å². The fourth-order valence-corrected chi connectivity index (χ4v) is 5.04. The number of nitrogens with zero attached hydrogens (tertiary/aromatic N) is 6. The van der Waals surface area contributed by atoms with Crippen LogP contribution in [0.15, 0.2) is 29.8 Å². The molecule has 1 aliphatic heterocycles. The summed E-state index contributed by atoms with van der Waals surface area (Å²) in [7, 11) is 3.19. The van der Waals surface area contributed by atoms with Gasteiger partial charge in [0.1, 0.15) is 0 Å². The van der Waals surface area contributed by atoms with Crippen molar-refractivity contribution in [1.29, 1.82) is 0 Å². The number of halogens is 3. The van der Waals surface area contributed by atoms with Crippen molar-refractivity contribution in [1.82, 2.24) is 29.4 Å². The number of hydrogen-bond acceptors (Lipinski definition) is 5. The second kappa shape index (κ2) is 7.16. The summed E-state index contributed by atoms with van der Waals surface area (Å²) in [5.41, 5.74) is 4.71. The van der Waals surface area contributed by atoms with Gasteiger partial charge < -0.3 is 4.90 Å². The van der Waals surface area contributed by atoms with Crippen molar-refractivity contribution >= 4 is 27.5 Å². The number of amides is 1. The standard InChI is InChI=1S/C21H19F3N6OS/c1-11-18-13(19(29(3)27-18)15-9-17(21(22,23)24)26-28(15)2)6-7-30(11)20(31)12-4-5-14-16(8-12)32-10-25-14/h4-5,8-11H,6-7H2,1-3H3. The van der Waals surface area contributed by atoms with E-state index in [0.717, 1.165) is 21.8 Å². The Balaban J connectivity index is 1.50. The fraction of sp³-hybridized carbons (Fsp3) is 0.333. The summed E-state index contributed by atoms with van der Waals surface area (Å²) in [5.74, 6) is -0.106. The molecule has 0 fully saturated rings. The lowest BCUT2D eigenvalue weighted by molar-refractivity contribution is -0.141. The number of carbonyl (C=O) groups excluding carboxylic acids is 1. The van der Waals surface area contributed by atoms with Crippen LogP contribution in [0, 0.1) is 0 Å². The van der Waals surface area contributed by atoms with Crippen LogP contribution in [0.4, 0.5) is 13.2 Å². The Kier molecular flexibility index (Phi) is 4.63. The summed E-state index contributed by atoms with van der Waals surface area (Å²) >= 11 is 1.48. The summed E-state index contributed by atoms with van der Waals surface area (Å²) < 4.78 is 43.2. The summed E-state index contributed by atoms with van der Waals surface area (Å²) in [6.07, 6.45) is -4.03. The van der Waals surface area contributed by atoms with E-state index in [1.807, 2.05) is 19.1 Å². The van der Waals surface area contributed by atoms with Gasteiger partial charge >= 0.3 is 6.18 Å². The molecular formula is C21H19F3N6OS. The Morgan fingerprint density at radius 2 is 1.94 bits per heavy atom. The van der Waals surface area contributed by atoms with Crippen LogP contribution in [0.2, 0.25) is 0 Å². The van der Waals surface area contributed by atoms with Gasteiger partial charge in [-0.1, -0.05) is 0 Å². The molecule has 1 amide bonds. The highest BCUT2D eigenvalue weighted by Crippen LogP contribution is 2.38. The maximum Gasteiger partial charge on any atom is 0.435 e. The lowest BCUT2D eigenvalue weighted by atomic mass is 9.96. The molecule has 0 radical (unpaired) electrons. The highest BCUT2D eigenvalue weighted by atomic mass is 32.1. The first-order valence-corrected chi connectivity index (χ1v) is 10.8. The van der Waals surface area contributed by atoms with E-state index in [9.17, 15) is 18.0 Å². The zero-order valence-electron chi connectivity index (χ0n) is 17.5. The molecule has 32 heavy (non-hydrogen) atoms. The van der Waals surface area contributed by atoms with Crippen molar-refractivity contribution < 1.29 is 18.0 Å². The number of carbonyl (C=O) groups is 1. The van der Waals surface area contributed by atoms with Crippen molar-refractivity contribution in [3.63, 3.8) is 0 Å². The lowest BCUT2D eigenvalue weighted by Gasteiger charge is -2.33. The second-order valence-electron chi connectivity index (χ2n) is 7.83. The first-order valence-electron chi connectivity index (χ1n) is 9.96. The summed E-state index contributed by atoms with van der Waals surface area (Å²) in [5, 5.41) is 8.21. The molecular weight excluding hydrogens is 441 g/mol. The molecule has 5 rings (SSSR count). The molecule has 1 aromatic carbocycles. The van der Waals surface area contributed by atoms with Gasteiger partial charge in [-0.15, -0.1) is 11.3 Å². The van der Waals surface area contributed by atoms with E-state index in [-0.39, 0.29) is 11.9 Å². The maximum atomic E-state index is 13.3. The number of hydrogen-bond donors (Lipinski definition) is 0. The predicted octanol–water partition coefficient (Wildman–Crippen LogP) is 4.21. The van der Waals surface area contributed by atoms with E-state index in [1.165, 1.54) is 23.1 Å². The van der Waals surface area contributed by atoms with Crippen LogP contribution in [-0.2, 0) is 26.7 Å². The van der Waals surface area contributed by atoms with Crippen LogP contribution in [0.5, 0.6) is 0 Å². The molecule has 0 bridgehead atoms. The smallest absolute Gasteiger partial charge is 0.330 e. The summed E-state index contributed by atoms with van der Waals surface area (Å²) in [6.45, 7) is 2.33. The minimum absolute atomic E-state index is 0.106. The molecule has 0 saturated heterocycles. The zero-order chi connectivity index (χ0) is 22.8. The van der Waals surface area contributed by atoms with E-state index >= 15 is 0 Å². The van der Waals surface area contributed by atoms with Crippen LogP contribution in [-0.4, -0.2) is 41.9 Å². The average Bonchev–Trinajstić information content (AvgIpc) is 3.43. The van der Waals surface area contributed by atoms with Crippen LogP contribution >= 0.6 is 11.3 Å². The number of alkyl halides is 3.